The molecular weight excluding hydrogens is 366 g/mol. The first kappa shape index (κ1) is 18.8. The molecule has 1 aromatic heterocycles. The molecule has 0 spiro atoms. The third-order valence-corrected chi connectivity index (χ3v) is 5.93. The maximum Gasteiger partial charge on any atom is 0.234 e. The van der Waals surface area contributed by atoms with E-state index in [1.165, 1.54) is 4.70 Å². The Labute approximate surface area is 162 Å². The number of hydrogen-bond donors (Lipinski definition) is 1. The van der Waals surface area contributed by atoms with Crippen molar-refractivity contribution in [2.75, 3.05) is 13.6 Å². The van der Waals surface area contributed by atoms with E-state index in [2.05, 4.69) is 18.3 Å². The van der Waals surface area contributed by atoms with E-state index in [4.69, 9.17) is 16.6 Å². The summed E-state index contributed by atoms with van der Waals surface area (Å²) in [7, 11) is 1.95. The summed E-state index contributed by atoms with van der Waals surface area (Å²) < 4.78 is 1.17. The monoisotopic (exact) mass is 387 g/mol. The summed E-state index contributed by atoms with van der Waals surface area (Å²) in [5, 5.41) is 4.75. The Bertz CT molecular complexity index is 860. The van der Waals surface area contributed by atoms with Crippen molar-refractivity contribution in [1.29, 1.82) is 0 Å². The van der Waals surface area contributed by atoms with Crippen LogP contribution >= 0.6 is 22.9 Å². The van der Waals surface area contributed by atoms with Crippen LogP contribution in [0.3, 0.4) is 0 Å². The van der Waals surface area contributed by atoms with Crippen molar-refractivity contribution < 1.29 is 4.79 Å². The highest BCUT2D eigenvalue weighted by molar-refractivity contribution is 7.18. The number of rotatable bonds is 6. The number of aromatic nitrogens is 1. The fraction of sp³-hybridized carbons (Fsp3) is 0.300. The van der Waals surface area contributed by atoms with Crippen molar-refractivity contribution in [2.45, 2.75) is 25.9 Å². The van der Waals surface area contributed by atoms with Crippen LogP contribution in [0.2, 0.25) is 5.02 Å². The molecule has 0 saturated heterocycles. The second-order valence-electron chi connectivity index (χ2n) is 6.45. The van der Waals surface area contributed by atoms with E-state index < -0.39 is 0 Å². The van der Waals surface area contributed by atoms with Gasteiger partial charge in [0, 0.05) is 5.02 Å². The van der Waals surface area contributed by atoms with Crippen molar-refractivity contribution in [3.05, 3.63) is 64.1 Å². The average Bonchev–Trinajstić information content (AvgIpc) is 3.05. The minimum atomic E-state index is -0.0640. The predicted molar refractivity (Wildman–Crippen MR) is 109 cm³/mol. The van der Waals surface area contributed by atoms with Gasteiger partial charge in [-0.2, -0.15) is 0 Å². The van der Waals surface area contributed by atoms with Gasteiger partial charge in [0.25, 0.3) is 0 Å². The molecular formula is C20H22ClN3OS. The summed E-state index contributed by atoms with van der Waals surface area (Å²) >= 11 is 7.59. The number of benzene rings is 2. The average molecular weight is 388 g/mol. The lowest BCUT2D eigenvalue weighted by atomic mass is 10.1. The first-order valence-electron chi connectivity index (χ1n) is 8.54. The van der Waals surface area contributed by atoms with Crippen LogP contribution in [-0.2, 0) is 4.79 Å². The summed E-state index contributed by atoms with van der Waals surface area (Å²) in [6, 6.07) is 15.6. The van der Waals surface area contributed by atoms with Gasteiger partial charge in [0.2, 0.25) is 5.91 Å². The van der Waals surface area contributed by atoms with Crippen LogP contribution in [0, 0.1) is 0 Å². The fourth-order valence-electron chi connectivity index (χ4n) is 2.74. The molecule has 136 valence electrons. The van der Waals surface area contributed by atoms with Crippen LogP contribution in [0.15, 0.2) is 48.5 Å². The Kier molecular flexibility index (Phi) is 5.91. The molecule has 1 N–H and O–H groups in total. The summed E-state index contributed by atoms with van der Waals surface area (Å²) in [6.45, 7) is 4.36. The van der Waals surface area contributed by atoms with Gasteiger partial charge in [-0.1, -0.05) is 35.9 Å². The van der Waals surface area contributed by atoms with Gasteiger partial charge in [0.15, 0.2) is 0 Å². The van der Waals surface area contributed by atoms with Gasteiger partial charge in [-0.05, 0) is 50.7 Å². The van der Waals surface area contributed by atoms with Gasteiger partial charge in [-0.3, -0.25) is 9.69 Å². The fourth-order valence-corrected chi connectivity index (χ4v) is 3.95. The highest BCUT2D eigenvalue weighted by atomic mass is 35.5. The van der Waals surface area contributed by atoms with E-state index in [0.29, 0.717) is 11.6 Å². The maximum atomic E-state index is 12.4. The molecule has 3 aromatic rings. The lowest BCUT2D eigenvalue weighted by molar-refractivity contribution is -0.123. The molecule has 0 aliphatic carbocycles. The number of para-hydroxylation sites is 1. The van der Waals surface area contributed by atoms with E-state index >= 15 is 0 Å². The van der Waals surface area contributed by atoms with Crippen molar-refractivity contribution in [3.8, 4) is 0 Å². The second kappa shape index (κ2) is 8.16. The van der Waals surface area contributed by atoms with Crippen LogP contribution in [-0.4, -0.2) is 29.4 Å². The molecule has 0 aliphatic rings. The molecule has 0 radical (unpaired) electrons. The number of nitrogens with zero attached hydrogens (tertiary/aromatic N) is 2. The smallest absolute Gasteiger partial charge is 0.234 e. The zero-order chi connectivity index (χ0) is 18.7. The lowest BCUT2D eigenvalue weighted by Gasteiger charge is -2.23. The van der Waals surface area contributed by atoms with E-state index in [1.807, 2.05) is 61.3 Å². The predicted octanol–water partition coefficient (Wildman–Crippen LogP) is 4.82. The molecule has 2 aromatic carbocycles. The normalized spacial score (nSPS) is 13.7. The number of hydrogen-bond acceptors (Lipinski definition) is 4. The molecule has 0 bridgehead atoms. The Balaban J connectivity index is 1.60. The third-order valence-electron chi connectivity index (χ3n) is 4.47. The highest BCUT2D eigenvalue weighted by Gasteiger charge is 2.19. The van der Waals surface area contributed by atoms with Crippen molar-refractivity contribution in [2.24, 2.45) is 0 Å². The summed E-state index contributed by atoms with van der Waals surface area (Å²) in [4.78, 5) is 19.1. The molecule has 3 rings (SSSR count). The number of halogens is 1. The number of likely N-dealkylation sites (N-methyl/N-ethyl adjacent to an activating group) is 1. The Morgan fingerprint density at radius 2 is 1.88 bits per heavy atom. The number of thiazole rings is 1. The number of fused-ring (bicyclic) bond motifs is 1. The van der Waals surface area contributed by atoms with Gasteiger partial charge < -0.3 is 5.32 Å². The minimum Gasteiger partial charge on any atom is -0.348 e. The molecule has 1 amide bonds. The molecule has 0 aliphatic heterocycles. The van der Waals surface area contributed by atoms with Gasteiger partial charge in [-0.15, -0.1) is 11.3 Å². The number of nitrogens with one attached hydrogen (secondary N) is 1. The zero-order valence-electron chi connectivity index (χ0n) is 15.1. The largest absolute Gasteiger partial charge is 0.348 e. The first-order valence-corrected chi connectivity index (χ1v) is 9.74. The molecule has 6 heteroatoms. The van der Waals surface area contributed by atoms with Crippen molar-refractivity contribution >= 4 is 39.1 Å². The molecule has 2 atom stereocenters. The van der Waals surface area contributed by atoms with Crippen LogP contribution in [0.1, 0.15) is 36.5 Å². The standard InChI is InChI=1S/C20H22ClN3OS/c1-13(15-8-10-16(21)11-9-15)22-19(25)12-24(3)14(2)20-23-17-6-4-5-7-18(17)26-20/h4-11,13-14H,12H2,1-3H3,(H,22,25)/t13-,14+/m1/s1. The highest BCUT2D eigenvalue weighted by Crippen LogP contribution is 2.28. The Hall–Kier alpha value is -1.95. The Morgan fingerprint density at radius 1 is 1.19 bits per heavy atom. The SMILES string of the molecule is C[C@@H](NC(=O)CN(C)[C@@H](C)c1nc2ccccc2s1)c1ccc(Cl)cc1. The molecule has 26 heavy (non-hydrogen) atoms. The van der Waals surface area contributed by atoms with Gasteiger partial charge >= 0.3 is 0 Å². The number of carbonyl (C=O) groups excluding carboxylic acids is 1. The topological polar surface area (TPSA) is 45.2 Å². The zero-order valence-corrected chi connectivity index (χ0v) is 16.6. The molecule has 0 unspecified atom stereocenters. The molecule has 0 saturated carbocycles. The van der Waals surface area contributed by atoms with E-state index in [0.717, 1.165) is 16.1 Å². The molecule has 0 fully saturated rings. The van der Waals surface area contributed by atoms with Crippen LogP contribution in [0.5, 0.6) is 0 Å². The van der Waals surface area contributed by atoms with Crippen molar-refractivity contribution in [1.82, 2.24) is 15.2 Å². The van der Waals surface area contributed by atoms with Crippen molar-refractivity contribution in [3.63, 3.8) is 0 Å². The first-order chi connectivity index (χ1) is 12.4. The van der Waals surface area contributed by atoms with Gasteiger partial charge in [-0.25, -0.2) is 4.98 Å². The number of amides is 1. The summed E-state index contributed by atoms with van der Waals surface area (Å²) in [6.07, 6.45) is 0. The van der Waals surface area contributed by atoms with E-state index in [1.54, 1.807) is 11.3 Å². The van der Waals surface area contributed by atoms with Crippen LogP contribution in [0.25, 0.3) is 10.2 Å². The van der Waals surface area contributed by atoms with Crippen LogP contribution < -0.4 is 5.32 Å². The second-order valence-corrected chi connectivity index (χ2v) is 7.95. The van der Waals surface area contributed by atoms with Gasteiger partial charge in [0.1, 0.15) is 5.01 Å². The molecule has 4 nitrogen and oxygen atoms in total. The number of carbonyl (C=O) groups is 1. The Morgan fingerprint density at radius 3 is 2.58 bits per heavy atom. The van der Waals surface area contributed by atoms with E-state index in [9.17, 15) is 4.79 Å². The van der Waals surface area contributed by atoms with E-state index in [-0.39, 0.29) is 18.0 Å². The summed E-state index contributed by atoms with van der Waals surface area (Å²) in [5.41, 5.74) is 2.04. The minimum absolute atomic E-state index is 0.0112. The quantitative estimate of drug-likeness (QED) is 0.659. The maximum absolute atomic E-state index is 12.4. The summed E-state index contributed by atoms with van der Waals surface area (Å²) in [5.74, 6) is -0.0112. The van der Waals surface area contributed by atoms with Gasteiger partial charge in [0.05, 0.1) is 28.8 Å². The van der Waals surface area contributed by atoms with Crippen LogP contribution in [0.4, 0.5) is 0 Å². The third kappa shape index (κ3) is 4.41. The lowest BCUT2D eigenvalue weighted by Crippen LogP contribution is -2.37. The molecule has 1 heterocycles.